The second-order valence-electron chi connectivity index (χ2n) is 4.40. The lowest BCUT2D eigenvalue weighted by Crippen LogP contribution is -2.25. The summed E-state index contributed by atoms with van der Waals surface area (Å²) in [5, 5.41) is 0. The smallest absolute Gasteiger partial charge is 0.0720 e. The van der Waals surface area contributed by atoms with Gasteiger partial charge in [-0.1, -0.05) is 18.6 Å². The van der Waals surface area contributed by atoms with Crippen LogP contribution in [0.2, 0.25) is 0 Å². The first-order valence-corrected chi connectivity index (χ1v) is 6.93. The predicted octanol–water partition coefficient (Wildman–Crippen LogP) is 2.94. The first kappa shape index (κ1) is 12.3. The van der Waals surface area contributed by atoms with Crippen LogP contribution < -0.4 is 5.73 Å². The number of halogens is 1. The van der Waals surface area contributed by atoms with Crippen LogP contribution in [0.25, 0.3) is 0 Å². The summed E-state index contributed by atoms with van der Waals surface area (Å²) in [6, 6.07) is 8.50. The Morgan fingerprint density at radius 1 is 1.25 bits per heavy atom. The highest BCUT2D eigenvalue weighted by atomic mass is 127. The molecule has 2 unspecified atom stereocenters. The summed E-state index contributed by atoms with van der Waals surface area (Å²) in [5.74, 6) is 0.573. The summed E-state index contributed by atoms with van der Waals surface area (Å²) >= 11 is 2.31. The first-order chi connectivity index (χ1) is 7.79. The maximum absolute atomic E-state index is 5.95. The molecule has 88 valence electrons. The van der Waals surface area contributed by atoms with Gasteiger partial charge in [0.25, 0.3) is 0 Å². The second kappa shape index (κ2) is 5.98. The van der Waals surface area contributed by atoms with E-state index in [1.807, 2.05) is 0 Å². The van der Waals surface area contributed by atoms with E-state index in [1.54, 1.807) is 0 Å². The molecule has 1 saturated carbocycles. The highest BCUT2D eigenvalue weighted by molar-refractivity contribution is 14.1. The van der Waals surface area contributed by atoms with Crippen molar-refractivity contribution in [1.82, 2.24) is 0 Å². The molecule has 1 aliphatic carbocycles. The van der Waals surface area contributed by atoms with E-state index >= 15 is 0 Å². The number of hydrogen-bond acceptors (Lipinski definition) is 2. The third kappa shape index (κ3) is 3.18. The average molecular weight is 331 g/mol. The quantitative estimate of drug-likeness (QED) is 0.861. The fourth-order valence-electron chi connectivity index (χ4n) is 2.28. The van der Waals surface area contributed by atoms with Gasteiger partial charge in [-0.3, -0.25) is 0 Å². The van der Waals surface area contributed by atoms with Crippen molar-refractivity contribution in [1.29, 1.82) is 0 Å². The van der Waals surface area contributed by atoms with Crippen LogP contribution in [0.15, 0.2) is 24.3 Å². The number of nitrogens with two attached hydrogens (primary N) is 1. The van der Waals surface area contributed by atoms with Crippen LogP contribution in [-0.4, -0.2) is 12.6 Å². The van der Waals surface area contributed by atoms with Crippen LogP contribution in [0.3, 0.4) is 0 Å². The van der Waals surface area contributed by atoms with E-state index in [-0.39, 0.29) is 0 Å². The molecule has 16 heavy (non-hydrogen) atoms. The zero-order valence-corrected chi connectivity index (χ0v) is 11.5. The summed E-state index contributed by atoms with van der Waals surface area (Å²) in [4.78, 5) is 0. The molecule has 2 atom stereocenters. The van der Waals surface area contributed by atoms with Crippen molar-refractivity contribution in [2.45, 2.75) is 32.0 Å². The summed E-state index contributed by atoms with van der Waals surface area (Å²) in [7, 11) is 0. The van der Waals surface area contributed by atoms with Crippen LogP contribution in [0.4, 0.5) is 0 Å². The van der Waals surface area contributed by atoms with Crippen molar-refractivity contribution in [3.05, 3.63) is 33.4 Å². The molecule has 1 aromatic rings. The van der Waals surface area contributed by atoms with Gasteiger partial charge in [0.2, 0.25) is 0 Å². The van der Waals surface area contributed by atoms with Crippen molar-refractivity contribution in [2.24, 2.45) is 11.7 Å². The number of hydrogen-bond donors (Lipinski definition) is 1. The Bertz CT molecular complexity index is 325. The number of rotatable bonds is 4. The third-order valence-electron chi connectivity index (χ3n) is 3.27. The summed E-state index contributed by atoms with van der Waals surface area (Å²) in [6.45, 7) is 1.48. The highest BCUT2D eigenvalue weighted by Crippen LogP contribution is 2.28. The summed E-state index contributed by atoms with van der Waals surface area (Å²) in [6.07, 6.45) is 4.04. The van der Waals surface area contributed by atoms with E-state index < -0.39 is 0 Å². The van der Waals surface area contributed by atoms with Gasteiger partial charge in [-0.25, -0.2) is 0 Å². The molecule has 0 aliphatic heterocycles. The van der Waals surface area contributed by atoms with Gasteiger partial charge in [-0.05, 0) is 65.6 Å². The molecule has 0 radical (unpaired) electrons. The van der Waals surface area contributed by atoms with Gasteiger partial charge in [-0.15, -0.1) is 0 Å². The Morgan fingerprint density at radius 3 is 2.69 bits per heavy atom. The van der Waals surface area contributed by atoms with E-state index in [0.717, 1.165) is 13.2 Å². The Kier molecular flexibility index (Phi) is 4.61. The molecule has 0 amide bonds. The normalized spacial score (nSPS) is 24.9. The lowest BCUT2D eigenvalue weighted by atomic mass is 10.1. The van der Waals surface area contributed by atoms with Crippen molar-refractivity contribution in [3.63, 3.8) is 0 Å². The largest absolute Gasteiger partial charge is 0.373 e. The molecular weight excluding hydrogens is 313 g/mol. The van der Waals surface area contributed by atoms with Crippen molar-refractivity contribution in [3.8, 4) is 0 Å². The van der Waals surface area contributed by atoms with Crippen LogP contribution in [0, 0.1) is 9.49 Å². The molecular formula is C13H18INO. The highest BCUT2D eigenvalue weighted by Gasteiger charge is 2.26. The van der Waals surface area contributed by atoms with Gasteiger partial charge < -0.3 is 10.5 Å². The Labute approximate surface area is 111 Å². The van der Waals surface area contributed by atoms with Crippen LogP contribution in [-0.2, 0) is 11.3 Å². The molecule has 0 heterocycles. The molecule has 0 saturated heterocycles. The number of ether oxygens (including phenoxy) is 1. The van der Waals surface area contributed by atoms with E-state index in [0.29, 0.717) is 12.0 Å². The predicted molar refractivity (Wildman–Crippen MR) is 74.1 cm³/mol. The van der Waals surface area contributed by atoms with Gasteiger partial charge in [0.05, 0.1) is 12.7 Å². The topological polar surface area (TPSA) is 35.2 Å². The Balaban J connectivity index is 1.85. The van der Waals surface area contributed by atoms with E-state index in [9.17, 15) is 0 Å². The molecule has 0 bridgehead atoms. The zero-order valence-electron chi connectivity index (χ0n) is 9.36. The van der Waals surface area contributed by atoms with Crippen molar-refractivity contribution >= 4 is 22.6 Å². The molecule has 1 aliphatic rings. The maximum Gasteiger partial charge on any atom is 0.0720 e. The molecule has 2 nitrogen and oxygen atoms in total. The minimum absolute atomic E-state index is 0.379. The minimum Gasteiger partial charge on any atom is -0.373 e. The third-order valence-corrected chi connectivity index (χ3v) is 3.99. The van der Waals surface area contributed by atoms with Gasteiger partial charge in [0.1, 0.15) is 0 Å². The van der Waals surface area contributed by atoms with Gasteiger partial charge in [0.15, 0.2) is 0 Å². The fraction of sp³-hybridized carbons (Fsp3) is 0.538. The lowest BCUT2D eigenvalue weighted by molar-refractivity contribution is 0.0182. The standard InChI is InChI=1S/C13H18INO/c14-12-6-4-10(5-7-12)9-16-13-3-1-2-11(13)8-15/h4-7,11,13H,1-3,8-9,15H2. The second-order valence-corrected chi connectivity index (χ2v) is 5.65. The molecule has 2 N–H and O–H groups in total. The molecule has 0 spiro atoms. The number of benzene rings is 1. The minimum atomic E-state index is 0.379. The molecule has 1 aromatic carbocycles. The van der Waals surface area contributed by atoms with Crippen LogP contribution >= 0.6 is 22.6 Å². The van der Waals surface area contributed by atoms with Crippen molar-refractivity contribution < 1.29 is 4.74 Å². The van der Waals surface area contributed by atoms with Gasteiger partial charge in [-0.2, -0.15) is 0 Å². The van der Waals surface area contributed by atoms with Gasteiger partial charge in [0, 0.05) is 3.57 Å². The molecule has 1 fully saturated rings. The molecule has 3 heteroatoms. The van der Waals surface area contributed by atoms with Gasteiger partial charge >= 0.3 is 0 Å². The Hall–Kier alpha value is -0.130. The summed E-state index contributed by atoms with van der Waals surface area (Å²) in [5.41, 5.74) is 6.98. The van der Waals surface area contributed by atoms with E-state index in [4.69, 9.17) is 10.5 Å². The molecule has 2 rings (SSSR count). The Morgan fingerprint density at radius 2 is 2.00 bits per heavy atom. The van der Waals surface area contributed by atoms with Crippen LogP contribution in [0.1, 0.15) is 24.8 Å². The molecule has 0 aromatic heterocycles. The monoisotopic (exact) mass is 331 g/mol. The summed E-state index contributed by atoms with van der Waals surface area (Å²) < 4.78 is 7.22. The van der Waals surface area contributed by atoms with E-state index in [2.05, 4.69) is 46.9 Å². The van der Waals surface area contributed by atoms with E-state index in [1.165, 1.54) is 28.4 Å². The SMILES string of the molecule is NCC1CCCC1OCc1ccc(I)cc1. The zero-order chi connectivity index (χ0) is 11.4. The lowest BCUT2D eigenvalue weighted by Gasteiger charge is -2.18. The first-order valence-electron chi connectivity index (χ1n) is 5.85. The maximum atomic E-state index is 5.95. The fourth-order valence-corrected chi connectivity index (χ4v) is 2.64. The van der Waals surface area contributed by atoms with Crippen molar-refractivity contribution in [2.75, 3.05) is 6.54 Å². The average Bonchev–Trinajstić information content (AvgIpc) is 2.76. The van der Waals surface area contributed by atoms with Crippen LogP contribution in [0.5, 0.6) is 0 Å².